The van der Waals surface area contributed by atoms with Crippen molar-refractivity contribution in [3.05, 3.63) is 30.1 Å². The van der Waals surface area contributed by atoms with Crippen molar-refractivity contribution in [3.8, 4) is 6.01 Å². The summed E-state index contributed by atoms with van der Waals surface area (Å²) < 4.78 is 7.57. The number of ether oxygens (including phenoxy) is 1. The molecule has 3 rings (SSSR count). The highest BCUT2D eigenvalue weighted by molar-refractivity contribution is 5.82. The van der Waals surface area contributed by atoms with Crippen molar-refractivity contribution in [1.82, 2.24) is 19.5 Å². The predicted octanol–water partition coefficient (Wildman–Crippen LogP) is 2.86. The molecule has 1 aliphatic carbocycles. The maximum absolute atomic E-state index is 5.97. The number of hydrogen-bond donors (Lipinski definition) is 1. The summed E-state index contributed by atoms with van der Waals surface area (Å²) in [5, 5.41) is 0. The Kier molecular flexibility index (Phi) is 4.37. The lowest BCUT2D eigenvalue weighted by molar-refractivity contribution is 0.286. The number of aromatic nitrogens is 4. The highest BCUT2D eigenvalue weighted by Crippen LogP contribution is 2.21. The summed E-state index contributed by atoms with van der Waals surface area (Å²) in [6.07, 6.45) is 12.6. The fraction of sp³-hybridized carbons (Fsp3) is 0.438. The number of fused-ring (bicyclic) bond motifs is 1. The fourth-order valence-electron chi connectivity index (χ4n) is 2.42. The zero-order chi connectivity index (χ0) is 15.4. The van der Waals surface area contributed by atoms with E-state index in [4.69, 9.17) is 10.5 Å². The lowest BCUT2D eigenvalue weighted by Gasteiger charge is -2.09. The van der Waals surface area contributed by atoms with Crippen LogP contribution in [0.2, 0.25) is 0 Å². The second-order valence-corrected chi connectivity index (χ2v) is 5.40. The van der Waals surface area contributed by atoms with Gasteiger partial charge in [-0.2, -0.15) is 9.97 Å². The van der Waals surface area contributed by atoms with Crippen LogP contribution in [0.15, 0.2) is 30.1 Å². The summed E-state index contributed by atoms with van der Waals surface area (Å²) in [5.74, 6) is 0.364. The molecule has 0 bridgehead atoms. The summed E-state index contributed by atoms with van der Waals surface area (Å²) in [4.78, 5) is 13.0. The lowest BCUT2D eigenvalue weighted by atomic mass is 10.1. The fourth-order valence-corrected chi connectivity index (χ4v) is 2.42. The zero-order valence-corrected chi connectivity index (χ0v) is 12.8. The average Bonchev–Trinajstić information content (AvgIpc) is 2.92. The standard InChI is InChI=1S/C16H21N5O/c1-2-3-9-22-16-19-14(17)13-15(20-16)21(11-18-13)10-12-7-5-4-6-8-12/h5,7-8,11H,2-4,6,9-10H2,1H3,(H2,17,19,20). The van der Waals surface area contributed by atoms with Gasteiger partial charge in [0.15, 0.2) is 17.0 Å². The first-order valence-electron chi connectivity index (χ1n) is 7.74. The van der Waals surface area contributed by atoms with Gasteiger partial charge < -0.3 is 15.0 Å². The monoisotopic (exact) mass is 299 g/mol. The van der Waals surface area contributed by atoms with Crippen molar-refractivity contribution in [1.29, 1.82) is 0 Å². The second-order valence-electron chi connectivity index (χ2n) is 5.40. The van der Waals surface area contributed by atoms with E-state index in [0.29, 0.717) is 24.0 Å². The van der Waals surface area contributed by atoms with Crippen LogP contribution in [0.5, 0.6) is 6.01 Å². The topological polar surface area (TPSA) is 78.9 Å². The van der Waals surface area contributed by atoms with Crippen molar-refractivity contribution in [2.75, 3.05) is 12.3 Å². The molecule has 0 fully saturated rings. The molecule has 0 saturated heterocycles. The Morgan fingerprint density at radius 3 is 3.00 bits per heavy atom. The molecule has 0 unspecified atom stereocenters. The van der Waals surface area contributed by atoms with Gasteiger partial charge in [0.05, 0.1) is 19.5 Å². The first kappa shape index (κ1) is 14.6. The first-order chi connectivity index (χ1) is 10.8. The number of rotatable bonds is 6. The van der Waals surface area contributed by atoms with Gasteiger partial charge in [-0.15, -0.1) is 0 Å². The minimum atomic E-state index is 0.327. The van der Waals surface area contributed by atoms with Gasteiger partial charge in [0.25, 0.3) is 0 Å². The van der Waals surface area contributed by atoms with Crippen LogP contribution in [-0.2, 0) is 6.54 Å². The van der Waals surface area contributed by atoms with Crippen LogP contribution in [0.1, 0.15) is 32.6 Å². The van der Waals surface area contributed by atoms with Crippen molar-refractivity contribution in [3.63, 3.8) is 0 Å². The normalized spacial score (nSPS) is 14.3. The van der Waals surface area contributed by atoms with Gasteiger partial charge in [-0.05, 0) is 24.8 Å². The SMILES string of the molecule is CCCCOc1nc(N)c2ncn(CC3=CCCC=C3)c2n1. The predicted molar refractivity (Wildman–Crippen MR) is 86.6 cm³/mol. The summed E-state index contributed by atoms with van der Waals surface area (Å²) >= 11 is 0. The van der Waals surface area contributed by atoms with Crippen molar-refractivity contribution >= 4 is 17.0 Å². The number of allylic oxidation sites excluding steroid dienone is 4. The largest absolute Gasteiger partial charge is 0.463 e. The van der Waals surface area contributed by atoms with Gasteiger partial charge in [0.1, 0.15) is 0 Å². The molecule has 0 aromatic carbocycles. The Bertz CT molecular complexity index is 717. The van der Waals surface area contributed by atoms with E-state index < -0.39 is 0 Å². The van der Waals surface area contributed by atoms with Gasteiger partial charge in [0, 0.05) is 0 Å². The maximum atomic E-state index is 5.97. The Morgan fingerprint density at radius 2 is 2.23 bits per heavy atom. The molecule has 0 spiro atoms. The van der Waals surface area contributed by atoms with Crippen LogP contribution in [0.4, 0.5) is 5.82 Å². The quantitative estimate of drug-likeness (QED) is 0.830. The number of unbranched alkanes of at least 4 members (excludes halogenated alkanes) is 1. The van der Waals surface area contributed by atoms with Crippen LogP contribution in [0.3, 0.4) is 0 Å². The molecule has 6 nitrogen and oxygen atoms in total. The minimum Gasteiger partial charge on any atom is -0.463 e. The number of imidazole rings is 1. The van der Waals surface area contributed by atoms with Crippen molar-refractivity contribution < 1.29 is 4.74 Å². The van der Waals surface area contributed by atoms with Gasteiger partial charge in [-0.25, -0.2) is 4.98 Å². The Balaban J connectivity index is 1.87. The highest BCUT2D eigenvalue weighted by Gasteiger charge is 2.12. The molecule has 6 heteroatoms. The number of nitrogen functional groups attached to an aromatic ring is 1. The molecule has 2 aromatic heterocycles. The van der Waals surface area contributed by atoms with Gasteiger partial charge >= 0.3 is 6.01 Å². The van der Waals surface area contributed by atoms with Crippen LogP contribution in [0.25, 0.3) is 11.2 Å². The van der Waals surface area contributed by atoms with Gasteiger partial charge in [0.2, 0.25) is 0 Å². The molecule has 2 heterocycles. The zero-order valence-electron chi connectivity index (χ0n) is 12.8. The first-order valence-corrected chi connectivity index (χ1v) is 7.74. The molecular formula is C16H21N5O. The molecule has 116 valence electrons. The minimum absolute atomic E-state index is 0.327. The Morgan fingerprint density at radius 1 is 1.32 bits per heavy atom. The van der Waals surface area contributed by atoms with Crippen LogP contribution in [0, 0.1) is 0 Å². The van der Waals surface area contributed by atoms with Gasteiger partial charge in [-0.1, -0.05) is 31.6 Å². The van der Waals surface area contributed by atoms with Crippen LogP contribution < -0.4 is 10.5 Å². The highest BCUT2D eigenvalue weighted by atomic mass is 16.5. The number of anilines is 1. The van der Waals surface area contributed by atoms with E-state index in [1.165, 1.54) is 5.57 Å². The summed E-state index contributed by atoms with van der Waals surface area (Å²) in [7, 11) is 0. The second kappa shape index (κ2) is 6.60. The lowest BCUT2D eigenvalue weighted by Crippen LogP contribution is -2.06. The Hall–Kier alpha value is -2.37. The van der Waals surface area contributed by atoms with E-state index in [-0.39, 0.29) is 0 Å². The molecule has 0 aliphatic heterocycles. The molecule has 0 saturated carbocycles. The molecule has 22 heavy (non-hydrogen) atoms. The van der Waals surface area contributed by atoms with E-state index in [1.54, 1.807) is 6.33 Å². The van der Waals surface area contributed by atoms with Crippen LogP contribution in [-0.4, -0.2) is 26.1 Å². The van der Waals surface area contributed by atoms with Gasteiger partial charge in [-0.3, -0.25) is 0 Å². The number of hydrogen-bond acceptors (Lipinski definition) is 5. The maximum Gasteiger partial charge on any atom is 0.320 e. The summed E-state index contributed by atoms with van der Waals surface area (Å²) in [5.41, 5.74) is 8.58. The third-order valence-corrected chi connectivity index (χ3v) is 3.62. The summed E-state index contributed by atoms with van der Waals surface area (Å²) in [6, 6.07) is 0.327. The van der Waals surface area contributed by atoms with Crippen LogP contribution >= 0.6 is 0 Å². The van der Waals surface area contributed by atoms with E-state index in [1.807, 2.05) is 4.57 Å². The Labute approximate surface area is 129 Å². The molecule has 1 aliphatic rings. The van der Waals surface area contributed by atoms with E-state index in [9.17, 15) is 0 Å². The third kappa shape index (κ3) is 3.10. The van der Waals surface area contributed by atoms with Crippen molar-refractivity contribution in [2.24, 2.45) is 0 Å². The molecule has 2 aromatic rings. The number of nitrogens with zero attached hydrogens (tertiary/aromatic N) is 4. The third-order valence-electron chi connectivity index (χ3n) is 3.62. The van der Waals surface area contributed by atoms with Crippen molar-refractivity contribution in [2.45, 2.75) is 39.2 Å². The van der Waals surface area contributed by atoms with E-state index in [0.717, 1.165) is 37.9 Å². The molecule has 2 N–H and O–H groups in total. The molecule has 0 radical (unpaired) electrons. The molecule has 0 atom stereocenters. The number of nitrogens with two attached hydrogens (primary N) is 1. The summed E-state index contributed by atoms with van der Waals surface area (Å²) in [6.45, 7) is 3.45. The van der Waals surface area contributed by atoms with E-state index in [2.05, 4.69) is 40.1 Å². The van der Waals surface area contributed by atoms with E-state index >= 15 is 0 Å². The average molecular weight is 299 g/mol. The molecule has 0 amide bonds. The molecular weight excluding hydrogens is 278 g/mol. The smallest absolute Gasteiger partial charge is 0.320 e.